The number of benzene rings is 2. The highest BCUT2D eigenvalue weighted by Gasteiger charge is 2.25. The van der Waals surface area contributed by atoms with Gasteiger partial charge in [-0.3, -0.25) is 15.1 Å². The summed E-state index contributed by atoms with van der Waals surface area (Å²) in [5.41, 5.74) is 3.83. The van der Waals surface area contributed by atoms with E-state index in [-0.39, 0.29) is 25.3 Å². The fraction of sp³-hybridized carbons (Fsp3) is 0.238. The topological polar surface area (TPSA) is 109 Å². The normalized spacial score (nSPS) is 16.2. The van der Waals surface area contributed by atoms with Gasteiger partial charge in [-0.1, -0.05) is 60.1 Å². The van der Waals surface area contributed by atoms with Crippen molar-refractivity contribution in [1.82, 2.24) is 16.1 Å². The summed E-state index contributed by atoms with van der Waals surface area (Å²) in [6.07, 6.45) is 0.522. The predicted molar refractivity (Wildman–Crippen MR) is 110 cm³/mol. The van der Waals surface area contributed by atoms with Crippen LogP contribution in [0, 0.1) is 0 Å². The predicted octanol–water partition coefficient (Wildman–Crippen LogP) is 2.33. The Morgan fingerprint density at radius 3 is 2.60 bits per heavy atom. The summed E-state index contributed by atoms with van der Waals surface area (Å²) >= 11 is 5.77. The maximum Gasteiger partial charge on any atom is 0.408 e. The number of hydroxylamine groups is 1. The molecular weight excluding hydrogens is 410 g/mol. The molecule has 0 spiro atoms. The number of ether oxygens (including phenoxy) is 1. The number of halogens is 1. The first-order valence-electron chi connectivity index (χ1n) is 9.32. The van der Waals surface area contributed by atoms with Crippen LogP contribution in [0.3, 0.4) is 0 Å². The van der Waals surface area contributed by atoms with Crippen LogP contribution in [-0.4, -0.2) is 35.8 Å². The number of amides is 2. The first kappa shape index (κ1) is 21.5. The number of alkyl carbamates (subject to hydrolysis) is 1. The lowest BCUT2D eigenvalue weighted by atomic mass is 10.0. The van der Waals surface area contributed by atoms with E-state index in [0.29, 0.717) is 10.7 Å². The van der Waals surface area contributed by atoms with Gasteiger partial charge >= 0.3 is 6.09 Å². The Bertz CT molecular complexity index is 907. The van der Waals surface area contributed by atoms with Crippen molar-refractivity contribution >= 4 is 23.6 Å². The molecule has 9 heteroatoms. The molecule has 158 valence electrons. The average molecular weight is 432 g/mol. The molecule has 0 bridgehead atoms. The number of carbonyl (C=O) groups is 2. The molecule has 2 atom stereocenters. The maximum absolute atomic E-state index is 12.7. The van der Waals surface area contributed by atoms with Crippen LogP contribution >= 0.6 is 11.6 Å². The second-order valence-corrected chi connectivity index (χ2v) is 7.02. The highest BCUT2D eigenvalue weighted by molar-refractivity contribution is 6.29. The fourth-order valence-corrected chi connectivity index (χ4v) is 2.99. The number of rotatable bonds is 8. The van der Waals surface area contributed by atoms with Gasteiger partial charge in [0.2, 0.25) is 5.91 Å². The Morgan fingerprint density at radius 1 is 1.17 bits per heavy atom. The number of carbonyl (C=O) groups excluding carboxylic acids is 2. The van der Waals surface area contributed by atoms with E-state index >= 15 is 0 Å². The van der Waals surface area contributed by atoms with Crippen LogP contribution in [0.4, 0.5) is 4.79 Å². The Balaban J connectivity index is 1.61. The monoisotopic (exact) mass is 431 g/mol. The number of hydrogen-bond donors (Lipinski definition) is 4. The molecule has 2 amide bonds. The van der Waals surface area contributed by atoms with Gasteiger partial charge in [-0.05, 0) is 23.3 Å². The molecule has 0 saturated heterocycles. The zero-order valence-corrected chi connectivity index (χ0v) is 16.8. The molecule has 0 aromatic heterocycles. The minimum Gasteiger partial charge on any atom is -0.508 e. The lowest BCUT2D eigenvalue weighted by Gasteiger charge is -2.19. The number of phenolic OH excluding ortho intramolecular Hbond substituents is 1. The lowest BCUT2D eigenvalue weighted by Crippen LogP contribution is -2.49. The molecular formula is C21H22ClN3O5. The van der Waals surface area contributed by atoms with Crippen LogP contribution in [0.1, 0.15) is 11.1 Å². The molecule has 0 saturated carbocycles. The molecule has 0 radical (unpaired) electrons. The Labute approximate surface area is 178 Å². The van der Waals surface area contributed by atoms with Gasteiger partial charge in [0.05, 0.1) is 6.54 Å². The second-order valence-electron chi connectivity index (χ2n) is 6.61. The second kappa shape index (κ2) is 10.5. The number of para-hydroxylation sites is 1. The van der Waals surface area contributed by atoms with Gasteiger partial charge in [0.25, 0.3) is 0 Å². The van der Waals surface area contributed by atoms with E-state index in [1.165, 1.54) is 6.07 Å². The molecule has 2 aromatic rings. The smallest absolute Gasteiger partial charge is 0.408 e. The molecule has 1 aliphatic heterocycles. The SMILES string of the molecule is O=C(N[C@@H](Cc1ccccc1O)C(=O)NCC1C=C(Cl)NO1)OCc1ccccc1. The highest BCUT2D eigenvalue weighted by Crippen LogP contribution is 2.18. The third-order valence-electron chi connectivity index (χ3n) is 4.35. The van der Waals surface area contributed by atoms with E-state index in [1.807, 2.05) is 30.3 Å². The van der Waals surface area contributed by atoms with Gasteiger partial charge in [0, 0.05) is 6.42 Å². The van der Waals surface area contributed by atoms with Gasteiger partial charge in [-0.2, -0.15) is 0 Å². The number of hydrogen-bond acceptors (Lipinski definition) is 6. The van der Waals surface area contributed by atoms with E-state index in [2.05, 4.69) is 16.1 Å². The minimum atomic E-state index is -0.963. The summed E-state index contributed by atoms with van der Waals surface area (Å²) in [7, 11) is 0. The quantitative estimate of drug-likeness (QED) is 0.478. The minimum absolute atomic E-state index is 0.0350. The van der Waals surface area contributed by atoms with E-state index in [9.17, 15) is 14.7 Å². The summed E-state index contributed by atoms with van der Waals surface area (Å²) < 4.78 is 5.21. The molecule has 4 N–H and O–H groups in total. The van der Waals surface area contributed by atoms with Crippen molar-refractivity contribution < 1.29 is 24.3 Å². The Hall–Kier alpha value is -3.23. The average Bonchev–Trinajstić information content (AvgIpc) is 3.17. The first-order valence-corrected chi connectivity index (χ1v) is 9.70. The maximum atomic E-state index is 12.7. The highest BCUT2D eigenvalue weighted by atomic mass is 35.5. The Morgan fingerprint density at radius 2 is 1.90 bits per heavy atom. The number of aromatic hydroxyl groups is 1. The molecule has 8 nitrogen and oxygen atoms in total. The van der Waals surface area contributed by atoms with Gasteiger partial charge in [-0.15, -0.1) is 0 Å². The molecule has 2 aromatic carbocycles. The standard InChI is InChI=1S/C21H22ClN3O5/c22-19-11-16(30-25-19)12-23-20(27)17(10-15-8-4-5-9-18(15)26)24-21(28)29-13-14-6-2-1-3-7-14/h1-9,11,16-17,25-26H,10,12-13H2,(H,23,27)(H,24,28)/t16?,17-/m0/s1. The molecule has 30 heavy (non-hydrogen) atoms. The molecule has 3 rings (SSSR count). The number of phenols is 1. The van der Waals surface area contributed by atoms with Crippen molar-refractivity contribution in [1.29, 1.82) is 0 Å². The van der Waals surface area contributed by atoms with Gasteiger partial charge in [0.1, 0.15) is 29.7 Å². The molecule has 1 unspecified atom stereocenters. The zero-order chi connectivity index (χ0) is 21.3. The summed E-state index contributed by atoms with van der Waals surface area (Å²) in [6.45, 7) is 0.225. The summed E-state index contributed by atoms with van der Waals surface area (Å²) in [4.78, 5) is 30.1. The van der Waals surface area contributed by atoms with Crippen LogP contribution < -0.4 is 16.1 Å². The molecule has 0 aliphatic carbocycles. The van der Waals surface area contributed by atoms with Crippen LogP contribution in [0.15, 0.2) is 65.8 Å². The Kier molecular flexibility index (Phi) is 7.53. The van der Waals surface area contributed by atoms with Crippen molar-refractivity contribution in [3.05, 3.63) is 77.0 Å². The third kappa shape index (κ3) is 6.40. The van der Waals surface area contributed by atoms with Crippen molar-refractivity contribution in [3.8, 4) is 5.75 Å². The van der Waals surface area contributed by atoms with Crippen LogP contribution in [0.25, 0.3) is 0 Å². The molecule has 0 fully saturated rings. The van der Waals surface area contributed by atoms with E-state index < -0.39 is 24.1 Å². The summed E-state index contributed by atoms with van der Waals surface area (Å²) in [5, 5.41) is 15.6. The molecule has 1 heterocycles. The van der Waals surface area contributed by atoms with Crippen molar-refractivity contribution in [3.63, 3.8) is 0 Å². The zero-order valence-electron chi connectivity index (χ0n) is 16.0. The first-order chi connectivity index (χ1) is 14.5. The largest absolute Gasteiger partial charge is 0.508 e. The van der Waals surface area contributed by atoms with Crippen molar-refractivity contribution in [2.45, 2.75) is 25.2 Å². The summed E-state index contributed by atoms with van der Waals surface area (Å²) in [5.74, 6) is -0.414. The fourth-order valence-electron chi connectivity index (χ4n) is 2.81. The van der Waals surface area contributed by atoms with Crippen molar-refractivity contribution in [2.75, 3.05) is 6.54 Å². The van der Waals surface area contributed by atoms with E-state index in [0.717, 1.165) is 5.56 Å². The van der Waals surface area contributed by atoms with E-state index in [1.54, 1.807) is 24.3 Å². The van der Waals surface area contributed by atoms with Gasteiger partial charge < -0.3 is 20.5 Å². The molecule has 1 aliphatic rings. The lowest BCUT2D eigenvalue weighted by molar-refractivity contribution is -0.123. The van der Waals surface area contributed by atoms with Gasteiger partial charge in [-0.25, -0.2) is 4.79 Å². The van der Waals surface area contributed by atoms with E-state index in [4.69, 9.17) is 21.2 Å². The van der Waals surface area contributed by atoms with Gasteiger partial charge in [0.15, 0.2) is 0 Å². The number of nitrogens with one attached hydrogen (secondary N) is 3. The third-order valence-corrected chi connectivity index (χ3v) is 4.56. The van der Waals surface area contributed by atoms with Crippen LogP contribution in [0.2, 0.25) is 0 Å². The van der Waals surface area contributed by atoms with Crippen molar-refractivity contribution in [2.24, 2.45) is 0 Å². The summed E-state index contributed by atoms with van der Waals surface area (Å²) in [6, 6.07) is 14.8. The van der Waals surface area contributed by atoms with Crippen LogP contribution in [0.5, 0.6) is 5.75 Å². The van der Waals surface area contributed by atoms with Crippen LogP contribution in [-0.2, 0) is 27.4 Å².